The van der Waals surface area contributed by atoms with Gasteiger partial charge in [-0.05, 0) is 36.4 Å². The number of nitrogens with zero attached hydrogens (tertiary/aromatic N) is 1. The third-order valence-electron chi connectivity index (χ3n) is 3.75. The third kappa shape index (κ3) is 4.33. The minimum absolute atomic E-state index is 0.0682. The molecule has 0 spiro atoms. The fourth-order valence-corrected chi connectivity index (χ4v) is 3.76. The predicted molar refractivity (Wildman–Crippen MR) is 110 cm³/mol. The molecule has 0 saturated carbocycles. The van der Waals surface area contributed by atoms with Gasteiger partial charge in [0.05, 0.1) is 35.8 Å². The van der Waals surface area contributed by atoms with Crippen LogP contribution in [0, 0.1) is 0 Å². The van der Waals surface area contributed by atoms with Crippen LogP contribution in [0.3, 0.4) is 0 Å². The van der Waals surface area contributed by atoms with Gasteiger partial charge in [-0.15, -0.1) is 0 Å². The maximum Gasteiger partial charge on any atom is 0.433 e. The summed E-state index contributed by atoms with van der Waals surface area (Å²) in [6.45, 7) is 0. The zero-order valence-electron chi connectivity index (χ0n) is 13.3. The first kappa shape index (κ1) is 21.8. The van der Waals surface area contributed by atoms with E-state index >= 15 is 0 Å². The molecule has 3 rings (SSSR count). The monoisotopic (exact) mass is 503 g/mol. The first-order chi connectivity index (χ1) is 13.0. The van der Waals surface area contributed by atoms with Crippen molar-refractivity contribution in [2.24, 2.45) is 0 Å². The van der Waals surface area contributed by atoms with E-state index in [9.17, 15) is 13.2 Å². The maximum absolute atomic E-state index is 13.3. The second-order valence-corrected chi connectivity index (χ2v) is 8.03. The van der Waals surface area contributed by atoms with Crippen LogP contribution in [0.15, 0.2) is 36.4 Å². The summed E-state index contributed by atoms with van der Waals surface area (Å²) >= 11 is 36.4. The van der Waals surface area contributed by atoms with Crippen molar-refractivity contribution in [3.63, 3.8) is 0 Å². The van der Waals surface area contributed by atoms with Crippen LogP contribution in [0.25, 0.3) is 22.4 Å². The first-order valence-corrected chi connectivity index (χ1v) is 9.64. The lowest BCUT2D eigenvalue weighted by Gasteiger charge is -2.16. The molecule has 0 N–H and O–H groups in total. The highest BCUT2D eigenvalue weighted by Gasteiger charge is 2.33. The predicted octanol–water partition coefficient (Wildman–Crippen LogP) is 9.35. The van der Waals surface area contributed by atoms with Crippen LogP contribution in [0.2, 0.25) is 30.1 Å². The van der Waals surface area contributed by atoms with Gasteiger partial charge in [0.2, 0.25) is 0 Å². The smallest absolute Gasteiger partial charge is 0.243 e. The average molecular weight is 506 g/mol. The molecular weight excluding hydrogens is 500 g/mol. The van der Waals surface area contributed by atoms with Crippen molar-refractivity contribution < 1.29 is 13.2 Å². The molecule has 0 atom stereocenters. The molecule has 0 unspecified atom stereocenters. The van der Waals surface area contributed by atoms with E-state index in [0.717, 1.165) is 6.07 Å². The molecule has 0 amide bonds. The minimum Gasteiger partial charge on any atom is -0.243 e. The minimum atomic E-state index is -4.67. The highest BCUT2D eigenvalue weighted by Crippen LogP contribution is 2.43. The van der Waals surface area contributed by atoms with Crippen LogP contribution < -0.4 is 0 Å². The fraction of sp³-hybridized carbons (Fsp3) is 0.0556. The molecule has 1 heterocycles. The summed E-state index contributed by atoms with van der Waals surface area (Å²) < 4.78 is 39.8. The van der Waals surface area contributed by atoms with E-state index in [-0.39, 0.29) is 47.0 Å². The lowest BCUT2D eigenvalue weighted by molar-refractivity contribution is -0.141. The number of aromatic nitrogens is 1. The van der Waals surface area contributed by atoms with Crippen molar-refractivity contribution in [1.29, 1.82) is 0 Å². The van der Waals surface area contributed by atoms with Crippen molar-refractivity contribution >= 4 is 69.6 Å². The Morgan fingerprint density at radius 1 is 0.571 bits per heavy atom. The quantitative estimate of drug-likeness (QED) is 0.316. The summed E-state index contributed by atoms with van der Waals surface area (Å²) in [5.41, 5.74) is -0.450. The topological polar surface area (TPSA) is 12.9 Å². The molecule has 2 aromatic carbocycles. The van der Waals surface area contributed by atoms with Crippen LogP contribution in [-0.2, 0) is 6.18 Å². The summed E-state index contributed by atoms with van der Waals surface area (Å²) in [5.74, 6) is 0. The zero-order chi connectivity index (χ0) is 20.8. The Hall–Kier alpha value is -0.880. The van der Waals surface area contributed by atoms with Crippen molar-refractivity contribution in [2.75, 3.05) is 0 Å². The summed E-state index contributed by atoms with van der Waals surface area (Å²) in [4.78, 5) is 3.77. The summed E-state index contributed by atoms with van der Waals surface area (Å²) in [5, 5.41) is 0.867. The van der Waals surface area contributed by atoms with E-state index in [1.54, 1.807) is 0 Å². The van der Waals surface area contributed by atoms with Gasteiger partial charge in [-0.1, -0.05) is 69.6 Å². The number of halogens is 9. The second kappa shape index (κ2) is 8.10. The molecule has 1 nitrogen and oxygen atoms in total. The lowest BCUT2D eigenvalue weighted by atomic mass is 9.98. The average Bonchev–Trinajstić information content (AvgIpc) is 2.60. The molecule has 28 heavy (non-hydrogen) atoms. The van der Waals surface area contributed by atoms with Crippen LogP contribution in [0.1, 0.15) is 5.69 Å². The second-order valence-electron chi connectivity index (χ2n) is 5.58. The fourth-order valence-electron chi connectivity index (χ4n) is 2.47. The zero-order valence-corrected chi connectivity index (χ0v) is 17.8. The van der Waals surface area contributed by atoms with E-state index in [1.165, 1.54) is 30.3 Å². The Morgan fingerprint density at radius 2 is 1.04 bits per heavy atom. The molecule has 0 fully saturated rings. The van der Waals surface area contributed by atoms with Gasteiger partial charge in [0, 0.05) is 16.7 Å². The molecule has 1 aromatic heterocycles. The summed E-state index contributed by atoms with van der Waals surface area (Å²) in [6.07, 6.45) is -4.67. The standard InChI is InChI=1S/C18H6Cl6F3N/c19-10-5-14(23)12(21)3-8(10)7-1-2-16(18(25,26)27)28-17(7)9-4-13(22)15(24)6-11(9)20/h1-6H. The summed E-state index contributed by atoms with van der Waals surface area (Å²) in [6, 6.07) is 7.55. The van der Waals surface area contributed by atoms with E-state index in [1.807, 2.05) is 0 Å². The van der Waals surface area contributed by atoms with E-state index in [2.05, 4.69) is 4.98 Å². The lowest BCUT2D eigenvalue weighted by Crippen LogP contribution is -2.09. The van der Waals surface area contributed by atoms with Crippen molar-refractivity contribution in [3.8, 4) is 22.4 Å². The molecule has 0 aliphatic carbocycles. The third-order valence-corrected chi connectivity index (χ3v) is 5.82. The Kier molecular flexibility index (Phi) is 6.31. The number of rotatable bonds is 2. The Labute approximate surface area is 187 Å². The maximum atomic E-state index is 13.3. The highest BCUT2D eigenvalue weighted by atomic mass is 35.5. The largest absolute Gasteiger partial charge is 0.433 e. The molecule has 10 heteroatoms. The van der Waals surface area contributed by atoms with Crippen molar-refractivity contribution in [1.82, 2.24) is 4.98 Å². The molecule has 146 valence electrons. The molecule has 0 radical (unpaired) electrons. The molecule has 0 aliphatic rings. The van der Waals surface area contributed by atoms with Gasteiger partial charge in [-0.2, -0.15) is 13.2 Å². The highest BCUT2D eigenvalue weighted by molar-refractivity contribution is 6.45. The van der Waals surface area contributed by atoms with Crippen molar-refractivity contribution in [3.05, 3.63) is 72.2 Å². The van der Waals surface area contributed by atoms with Gasteiger partial charge in [0.15, 0.2) is 0 Å². The van der Waals surface area contributed by atoms with Gasteiger partial charge in [0.25, 0.3) is 0 Å². The number of hydrogen-bond donors (Lipinski definition) is 0. The van der Waals surface area contributed by atoms with E-state index in [4.69, 9.17) is 69.6 Å². The molecule has 0 bridgehead atoms. The SMILES string of the molecule is FC(F)(F)c1ccc(-c2cc(Cl)c(Cl)cc2Cl)c(-c2cc(Cl)c(Cl)cc2Cl)n1. The van der Waals surface area contributed by atoms with Gasteiger partial charge >= 0.3 is 6.18 Å². The van der Waals surface area contributed by atoms with Crippen molar-refractivity contribution in [2.45, 2.75) is 6.18 Å². The Morgan fingerprint density at radius 3 is 1.57 bits per heavy atom. The molecular formula is C18H6Cl6F3N. The van der Waals surface area contributed by atoms with Gasteiger partial charge in [-0.25, -0.2) is 4.98 Å². The number of alkyl halides is 3. The van der Waals surface area contributed by atoms with Crippen LogP contribution in [0.5, 0.6) is 0 Å². The Balaban J connectivity index is 2.37. The number of hydrogen-bond acceptors (Lipinski definition) is 1. The Bertz CT molecular complexity index is 1080. The van der Waals surface area contributed by atoms with Crippen LogP contribution in [0.4, 0.5) is 13.2 Å². The van der Waals surface area contributed by atoms with Crippen LogP contribution in [-0.4, -0.2) is 4.98 Å². The van der Waals surface area contributed by atoms with E-state index < -0.39 is 11.9 Å². The number of pyridine rings is 1. The summed E-state index contributed by atoms with van der Waals surface area (Å²) in [7, 11) is 0. The van der Waals surface area contributed by atoms with Gasteiger partial charge in [-0.3, -0.25) is 0 Å². The molecule has 0 aliphatic heterocycles. The molecule has 0 saturated heterocycles. The van der Waals surface area contributed by atoms with Crippen LogP contribution >= 0.6 is 69.6 Å². The van der Waals surface area contributed by atoms with Gasteiger partial charge < -0.3 is 0 Å². The normalized spacial score (nSPS) is 11.8. The molecule has 3 aromatic rings. The van der Waals surface area contributed by atoms with E-state index in [0.29, 0.717) is 5.56 Å². The first-order valence-electron chi connectivity index (χ1n) is 7.37. The van der Waals surface area contributed by atoms with Gasteiger partial charge in [0.1, 0.15) is 5.69 Å². The number of benzene rings is 2.